The lowest BCUT2D eigenvalue weighted by atomic mass is 10.1. The Morgan fingerprint density at radius 1 is 0.861 bits per heavy atom. The molecular formula is C27H23N3O6. The van der Waals surface area contributed by atoms with Gasteiger partial charge in [0.1, 0.15) is 18.1 Å². The van der Waals surface area contributed by atoms with Crippen LogP contribution < -0.4 is 24.8 Å². The number of amides is 2. The molecule has 36 heavy (non-hydrogen) atoms. The van der Waals surface area contributed by atoms with E-state index in [4.69, 9.17) is 18.7 Å². The highest BCUT2D eigenvalue weighted by molar-refractivity contribution is 6.06. The second-order valence-electron chi connectivity index (χ2n) is 8.18. The summed E-state index contributed by atoms with van der Waals surface area (Å²) in [5.41, 5.74) is 3.58. The monoisotopic (exact) mass is 485 g/mol. The van der Waals surface area contributed by atoms with Crippen molar-refractivity contribution < 1.29 is 28.3 Å². The number of carbonyl (C=O) groups is 2. The zero-order valence-electron chi connectivity index (χ0n) is 19.7. The second kappa shape index (κ2) is 9.83. The number of hydrogen-bond donors (Lipinski definition) is 2. The third-order valence-electron chi connectivity index (χ3n) is 5.67. The molecule has 3 aromatic carbocycles. The minimum absolute atomic E-state index is 0.137. The Bertz CT molecular complexity index is 1430. The van der Waals surface area contributed by atoms with Crippen molar-refractivity contribution >= 4 is 23.2 Å². The summed E-state index contributed by atoms with van der Waals surface area (Å²) >= 11 is 0. The van der Waals surface area contributed by atoms with E-state index < -0.39 is 0 Å². The van der Waals surface area contributed by atoms with E-state index in [-0.39, 0.29) is 25.2 Å². The fourth-order valence-corrected chi connectivity index (χ4v) is 3.71. The molecule has 2 N–H and O–H groups in total. The van der Waals surface area contributed by atoms with E-state index in [1.165, 1.54) is 0 Å². The zero-order valence-corrected chi connectivity index (χ0v) is 19.7. The zero-order chi connectivity index (χ0) is 25.1. The second-order valence-corrected chi connectivity index (χ2v) is 8.18. The van der Waals surface area contributed by atoms with Gasteiger partial charge in [-0.15, -0.1) is 0 Å². The SMILES string of the molecule is Cc1noc(C)c1COc1cccc(C(=O)Nc2cccc(NC(=O)c3ccc4c(c3)OCO4)c2)c1. The van der Waals surface area contributed by atoms with Gasteiger partial charge < -0.3 is 29.4 Å². The van der Waals surface area contributed by atoms with Gasteiger partial charge in [-0.3, -0.25) is 9.59 Å². The van der Waals surface area contributed by atoms with Crippen LogP contribution in [0.25, 0.3) is 0 Å². The van der Waals surface area contributed by atoms with Crippen molar-refractivity contribution in [2.45, 2.75) is 20.5 Å². The lowest BCUT2D eigenvalue weighted by Crippen LogP contribution is -2.14. The van der Waals surface area contributed by atoms with Gasteiger partial charge in [-0.05, 0) is 68.4 Å². The van der Waals surface area contributed by atoms with E-state index in [1.54, 1.807) is 66.7 Å². The molecule has 0 bridgehead atoms. The maximum atomic E-state index is 12.9. The number of aryl methyl sites for hydroxylation is 2. The average molecular weight is 485 g/mol. The van der Waals surface area contributed by atoms with Crippen LogP contribution in [0.4, 0.5) is 11.4 Å². The molecular weight excluding hydrogens is 462 g/mol. The summed E-state index contributed by atoms with van der Waals surface area (Å²) in [7, 11) is 0. The molecule has 2 amide bonds. The van der Waals surface area contributed by atoms with E-state index in [0.29, 0.717) is 45.5 Å². The van der Waals surface area contributed by atoms with Crippen LogP contribution in [0, 0.1) is 13.8 Å². The quantitative estimate of drug-likeness (QED) is 0.374. The molecule has 0 saturated carbocycles. The van der Waals surface area contributed by atoms with Gasteiger partial charge in [-0.25, -0.2) is 0 Å². The number of rotatable bonds is 7. The summed E-state index contributed by atoms with van der Waals surface area (Å²) in [5, 5.41) is 9.61. The topological polar surface area (TPSA) is 112 Å². The lowest BCUT2D eigenvalue weighted by molar-refractivity contribution is 0.101. The number of benzene rings is 3. The Morgan fingerprint density at radius 2 is 1.56 bits per heavy atom. The van der Waals surface area contributed by atoms with Crippen molar-refractivity contribution in [3.8, 4) is 17.2 Å². The summed E-state index contributed by atoms with van der Waals surface area (Å²) < 4.78 is 21.6. The van der Waals surface area contributed by atoms with E-state index in [2.05, 4.69) is 15.8 Å². The molecule has 5 rings (SSSR count). The highest BCUT2D eigenvalue weighted by Crippen LogP contribution is 2.32. The van der Waals surface area contributed by atoms with Crippen LogP contribution in [0.1, 0.15) is 37.7 Å². The van der Waals surface area contributed by atoms with Gasteiger partial charge in [0.15, 0.2) is 11.5 Å². The lowest BCUT2D eigenvalue weighted by Gasteiger charge is -2.11. The first-order chi connectivity index (χ1) is 17.5. The normalized spacial score (nSPS) is 11.7. The molecule has 4 aromatic rings. The maximum Gasteiger partial charge on any atom is 0.255 e. The Morgan fingerprint density at radius 3 is 2.28 bits per heavy atom. The first-order valence-corrected chi connectivity index (χ1v) is 11.2. The van der Waals surface area contributed by atoms with E-state index in [0.717, 1.165) is 11.3 Å². The standard InChI is InChI=1S/C27H23N3O6/c1-16-23(17(2)36-30-16)14-33-22-8-3-5-18(11-22)26(31)28-20-6-4-7-21(13-20)29-27(32)19-9-10-24-25(12-19)35-15-34-24/h3-13H,14-15H2,1-2H3,(H,28,31)(H,29,32). The number of hydrogen-bond acceptors (Lipinski definition) is 7. The smallest absolute Gasteiger partial charge is 0.255 e. The van der Waals surface area contributed by atoms with Crippen molar-refractivity contribution in [1.82, 2.24) is 5.16 Å². The number of anilines is 2. The molecule has 2 heterocycles. The molecule has 182 valence electrons. The minimum Gasteiger partial charge on any atom is -0.489 e. The summed E-state index contributed by atoms with van der Waals surface area (Å²) in [5.74, 6) is 1.77. The predicted molar refractivity (Wildman–Crippen MR) is 132 cm³/mol. The molecule has 0 unspecified atom stereocenters. The third kappa shape index (κ3) is 5.00. The fourth-order valence-electron chi connectivity index (χ4n) is 3.71. The molecule has 0 saturated heterocycles. The molecule has 0 aliphatic carbocycles. The van der Waals surface area contributed by atoms with Crippen molar-refractivity contribution in [2.75, 3.05) is 17.4 Å². The van der Waals surface area contributed by atoms with E-state index in [9.17, 15) is 9.59 Å². The van der Waals surface area contributed by atoms with Crippen LogP contribution in [0.5, 0.6) is 17.2 Å². The summed E-state index contributed by atoms with van der Waals surface area (Å²) in [6.45, 7) is 4.11. The number of nitrogens with one attached hydrogen (secondary N) is 2. The van der Waals surface area contributed by atoms with Crippen molar-refractivity contribution in [3.63, 3.8) is 0 Å². The molecule has 9 heteroatoms. The van der Waals surface area contributed by atoms with Gasteiger partial charge >= 0.3 is 0 Å². The molecule has 0 atom stereocenters. The average Bonchev–Trinajstić information content (AvgIpc) is 3.48. The summed E-state index contributed by atoms with van der Waals surface area (Å²) in [4.78, 5) is 25.5. The molecule has 0 fully saturated rings. The van der Waals surface area contributed by atoms with Gasteiger partial charge in [0, 0.05) is 22.5 Å². The molecule has 0 spiro atoms. The Labute approximate surface area is 207 Å². The largest absolute Gasteiger partial charge is 0.489 e. The highest BCUT2D eigenvalue weighted by Gasteiger charge is 2.17. The third-order valence-corrected chi connectivity index (χ3v) is 5.67. The number of nitrogens with zero attached hydrogens (tertiary/aromatic N) is 1. The van der Waals surface area contributed by atoms with Crippen LogP contribution >= 0.6 is 0 Å². The van der Waals surface area contributed by atoms with Crippen LogP contribution in [0.15, 0.2) is 71.3 Å². The molecule has 0 radical (unpaired) electrons. The van der Waals surface area contributed by atoms with Crippen LogP contribution in [0.3, 0.4) is 0 Å². The van der Waals surface area contributed by atoms with Crippen LogP contribution in [-0.2, 0) is 6.61 Å². The van der Waals surface area contributed by atoms with Gasteiger partial charge in [0.25, 0.3) is 11.8 Å². The number of ether oxygens (including phenoxy) is 3. The van der Waals surface area contributed by atoms with Crippen molar-refractivity contribution in [3.05, 3.63) is 94.9 Å². The van der Waals surface area contributed by atoms with Gasteiger partial charge in [0.05, 0.1) is 11.3 Å². The predicted octanol–water partition coefficient (Wildman–Crippen LogP) is 5.10. The van der Waals surface area contributed by atoms with E-state index >= 15 is 0 Å². The van der Waals surface area contributed by atoms with Crippen LogP contribution in [0.2, 0.25) is 0 Å². The molecule has 9 nitrogen and oxygen atoms in total. The van der Waals surface area contributed by atoms with Gasteiger partial charge in [0.2, 0.25) is 6.79 Å². The number of carbonyl (C=O) groups excluding carboxylic acids is 2. The Hall–Kier alpha value is -4.79. The summed E-state index contributed by atoms with van der Waals surface area (Å²) in [6, 6.07) is 18.8. The summed E-state index contributed by atoms with van der Waals surface area (Å²) in [6.07, 6.45) is 0. The molecule has 1 aliphatic rings. The Balaban J connectivity index is 1.23. The first kappa shape index (κ1) is 23.0. The van der Waals surface area contributed by atoms with Crippen molar-refractivity contribution in [2.24, 2.45) is 0 Å². The first-order valence-electron chi connectivity index (χ1n) is 11.2. The maximum absolute atomic E-state index is 12.9. The number of fused-ring (bicyclic) bond motifs is 1. The highest BCUT2D eigenvalue weighted by atomic mass is 16.7. The van der Waals surface area contributed by atoms with E-state index in [1.807, 2.05) is 13.8 Å². The van der Waals surface area contributed by atoms with Gasteiger partial charge in [-0.1, -0.05) is 17.3 Å². The molecule has 1 aromatic heterocycles. The fraction of sp³-hybridized carbons (Fsp3) is 0.148. The van der Waals surface area contributed by atoms with Gasteiger partial charge in [-0.2, -0.15) is 0 Å². The minimum atomic E-state index is -0.308. The Kier molecular flexibility index (Phi) is 6.27. The van der Waals surface area contributed by atoms with Crippen molar-refractivity contribution in [1.29, 1.82) is 0 Å². The number of aromatic nitrogens is 1. The van der Waals surface area contributed by atoms with Crippen LogP contribution in [-0.4, -0.2) is 23.8 Å². The molecule has 1 aliphatic heterocycles.